The molecule has 0 fully saturated rings. The first-order valence-corrected chi connectivity index (χ1v) is 3.89. The van der Waals surface area contributed by atoms with Crippen LogP contribution in [0, 0.1) is 6.92 Å². The topological polar surface area (TPSA) is 26.0 Å². The number of hydrogen-bond donors (Lipinski definition) is 1. The van der Waals surface area contributed by atoms with Crippen molar-refractivity contribution >= 4 is 5.70 Å². The smallest absolute Gasteiger partial charge is 0.0387 e. The summed E-state index contributed by atoms with van der Waals surface area (Å²) >= 11 is 0. The average molecular weight is 159 g/mol. The zero-order valence-electron chi connectivity index (χ0n) is 7.25. The molecule has 2 N–H and O–H groups in total. The van der Waals surface area contributed by atoms with Gasteiger partial charge in [0.2, 0.25) is 0 Å². The zero-order chi connectivity index (χ0) is 8.97. The van der Waals surface area contributed by atoms with Crippen molar-refractivity contribution in [1.29, 1.82) is 0 Å². The predicted octanol–water partition coefficient (Wildman–Crippen LogP) is 2.48. The van der Waals surface area contributed by atoms with E-state index in [-0.39, 0.29) is 0 Å². The number of benzene rings is 1. The van der Waals surface area contributed by atoms with Gasteiger partial charge in [0.05, 0.1) is 0 Å². The third-order valence-electron chi connectivity index (χ3n) is 1.65. The van der Waals surface area contributed by atoms with Gasteiger partial charge >= 0.3 is 0 Å². The molecule has 1 rings (SSSR count). The standard InChI is InChI=1S/C11H13N/c1-3-5-11(12)10-7-4-6-9(2)8-10/h3-8H,1,12H2,2H3/b11-5-. The molecule has 0 aliphatic rings. The van der Waals surface area contributed by atoms with Crippen molar-refractivity contribution in [2.45, 2.75) is 6.92 Å². The molecule has 0 saturated heterocycles. The van der Waals surface area contributed by atoms with E-state index in [1.807, 2.05) is 25.1 Å². The van der Waals surface area contributed by atoms with Gasteiger partial charge in [-0.25, -0.2) is 0 Å². The maximum atomic E-state index is 5.76. The fourth-order valence-corrected chi connectivity index (χ4v) is 1.05. The van der Waals surface area contributed by atoms with Gasteiger partial charge < -0.3 is 5.73 Å². The van der Waals surface area contributed by atoms with Crippen molar-refractivity contribution < 1.29 is 0 Å². The predicted molar refractivity (Wildman–Crippen MR) is 53.5 cm³/mol. The maximum Gasteiger partial charge on any atom is 0.0387 e. The van der Waals surface area contributed by atoms with Crippen molar-refractivity contribution in [3.05, 3.63) is 54.1 Å². The van der Waals surface area contributed by atoms with E-state index in [0.29, 0.717) is 0 Å². The Morgan fingerprint density at radius 3 is 2.83 bits per heavy atom. The molecule has 0 saturated carbocycles. The lowest BCUT2D eigenvalue weighted by Crippen LogP contribution is -1.95. The zero-order valence-corrected chi connectivity index (χ0v) is 7.25. The van der Waals surface area contributed by atoms with Crippen molar-refractivity contribution in [3.8, 4) is 0 Å². The summed E-state index contributed by atoms with van der Waals surface area (Å²) in [5.41, 5.74) is 8.79. The van der Waals surface area contributed by atoms with Crippen LogP contribution in [-0.4, -0.2) is 0 Å². The molecule has 0 heterocycles. The number of allylic oxidation sites excluding steroid dienone is 2. The summed E-state index contributed by atoms with van der Waals surface area (Å²) in [7, 11) is 0. The SMILES string of the molecule is C=C/C=C(\N)c1cccc(C)c1. The molecule has 0 unspecified atom stereocenters. The number of nitrogens with two attached hydrogens (primary N) is 1. The molecule has 0 aliphatic carbocycles. The van der Waals surface area contributed by atoms with E-state index in [1.54, 1.807) is 12.2 Å². The Morgan fingerprint density at radius 1 is 1.50 bits per heavy atom. The molecule has 1 nitrogen and oxygen atoms in total. The third-order valence-corrected chi connectivity index (χ3v) is 1.65. The molecule has 62 valence electrons. The van der Waals surface area contributed by atoms with Gasteiger partial charge in [-0.15, -0.1) is 0 Å². The normalized spacial score (nSPS) is 11.2. The summed E-state index contributed by atoms with van der Waals surface area (Å²) in [5.74, 6) is 0. The van der Waals surface area contributed by atoms with Gasteiger partial charge in [-0.2, -0.15) is 0 Å². The minimum Gasteiger partial charge on any atom is -0.398 e. The molecule has 0 spiro atoms. The minimum atomic E-state index is 0.758. The van der Waals surface area contributed by atoms with E-state index < -0.39 is 0 Å². The van der Waals surface area contributed by atoms with Crippen LogP contribution in [0.1, 0.15) is 11.1 Å². The van der Waals surface area contributed by atoms with Gasteiger partial charge in [0, 0.05) is 5.70 Å². The summed E-state index contributed by atoms with van der Waals surface area (Å²) in [5, 5.41) is 0. The summed E-state index contributed by atoms with van der Waals surface area (Å²) in [4.78, 5) is 0. The molecule has 0 amide bonds. The van der Waals surface area contributed by atoms with E-state index in [9.17, 15) is 0 Å². The molecule has 1 aromatic rings. The summed E-state index contributed by atoms with van der Waals surface area (Å²) in [6, 6.07) is 8.08. The second-order valence-corrected chi connectivity index (χ2v) is 2.73. The molecular formula is C11H13N. The first-order valence-electron chi connectivity index (χ1n) is 3.89. The molecule has 0 aromatic heterocycles. The monoisotopic (exact) mass is 159 g/mol. The second kappa shape index (κ2) is 3.77. The van der Waals surface area contributed by atoms with E-state index >= 15 is 0 Å². The Bertz CT molecular complexity index is 311. The van der Waals surface area contributed by atoms with E-state index in [4.69, 9.17) is 5.73 Å². The summed E-state index contributed by atoms with van der Waals surface area (Å²) in [6.45, 7) is 5.64. The highest BCUT2D eigenvalue weighted by atomic mass is 14.6. The highest BCUT2D eigenvalue weighted by Gasteiger charge is 1.93. The number of rotatable bonds is 2. The first-order chi connectivity index (χ1) is 5.74. The van der Waals surface area contributed by atoms with Gasteiger partial charge in [0.25, 0.3) is 0 Å². The lowest BCUT2D eigenvalue weighted by Gasteiger charge is -2.00. The molecular weight excluding hydrogens is 146 g/mol. The first kappa shape index (κ1) is 8.60. The van der Waals surface area contributed by atoms with Crippen molar-refractivity contribution in [1.82, 2.24) is 0 Å². The van der Waals surface area contributed by atoms with Gasteiger partial charge in [0.15, 0.2) is 0 Å². The minimum absolute atomic E-state index is 0.758. The Morgan fingerprint density at radius 2 is 2.25 bits per heavy atom. The van der Waals surface area contributed by atoms with Crippen LogP contribution in [0.5, 0.6) is 0 Å². The largest absolute Gasteiger partial charge is 0.398 e. The van der Waals surface area contributed by atoms with Gasteiger partial charge in [0.1, 0.15) is 0 Å². The van der Waals surface area contributed by atoms with Gasteiger partial charge in [-0.05, 0) is 24.6 Å². The fraction of sp³-hybridized carbons (Fsp3) is 0.0909. The molecule has 1 aromatic carbocycles. The van der Waals surface area contributed by atoms with E-state index in [2.05, 4.69) is 12.6 Å². The Balaban J connectivity index is 3.03. The molecule has 12 heavy (non-hydrogen) atoms. The number of aryl methyl sites for hydroxylation is 1. The highest BCUT2D eigenvalue weighted by Crippen LogP contribution is 2.10. The van der Waals surface area contributed by atoms with Crippen LogP contribution in [0.25, 0.3) is 5.70 Å². The molecule has 0 radical (unpaired) electrons. The van der Waals surface area contributed by atoms with Crippen LogP contribution >= 0.6 is 0 Å². The van der Waals surface area contributed by atoms with Crippen LogP contribution in [0.15, 0.2) is 43.0 Å². The highest BCUT2D eigenvalue weighted by molar-refractivity contribution is 5.64. The maximum absolute atomic E-state index is 5.76. The van der Waals surface area contributed by atoms with Crippen LogP contribution in [0.3, 0.4) is 0 Å². The van der Waals surface area contributed by atoms with Crippen LogP contribution in [-0.2, 0) is 0 Å². The van der Waals surface area contributed by atoms with Crippen LogP contribution < -0.4 is 5.73 Å². The molecule has 0 bridgehead atoms. The van der Waals surface area contributed by atoms with E-state index in [1.165, 1.54) is 5.56 Å². The Labute approximate surface area is 73.2 Å². The van der Waals surface area contributed by atoms with Crippen molar-refractivity contribution in [3.63, 3.8) is 0 Å². The van der Waals surface area contributed by atoms with Crippen molar-refractivity contribution in [2.24, 2.45) is 5.73 Å². The Hall–Kier alpha value is -1.50. The lowest BCUT2D eigenvalue weighted by molar-refractivity contribution is 1.42. The molecule has 0 atom stereocenters. The fourth-order valence-electron chi connectivity index (χ4n) is 1.05. The van der Waals surface area contributed by atoms with Crippen LogP contribution in [0.4, 0.5) is 0 Å². The second-order valence-electron chi connectivity index (χ2n) is 2.73. The Kier molecular flexibility index (Phi) is 2.70. The number of hydrogen-bond acceptors (Lipinski definition) is 1. The summed E-state index contributed by atoms with van der Waals surface area (Å²) in [6.07, 6.45) is 3.49. The average Bonchev–Trinajstić information content (AvgIpc) is 2.05. The van der Waals surface area contributed by atoms with Crippen molar-refractivity contribution in [2.75, 3.05) is 0 Å². The van der Waals surface area contributed by atoms with Crippen LogP contribution in [0.2, 0.25) is 0 Å². The molecule has 0 aliphatic heterocycles. The van der Waals surface area contributed by atoms with Gasteiger partial charge in [-0.3, -0.25) is 0 Å². The quantitative estimate of drug-likeness (QED) is 0.659. The van der Waals surface area contributed by atoms with E-state index in [0.717, 1.165) is 11.3 Å². The third kappa shape index (κ3) is 1.99. The molecule has 1 heteroatoms. The summed E-state index contributed by atoms with van der Waals surface area (Å²) < 4.78 is 0. The van der Waals surface area contributed by atoms with Gasteiger partial charge in [-0.1, -0.05) is 36.4 Å². The lowest BCUT2D eigenvalue weighted by atomic mass is 10.1.